The fraction of sp³-hybridized carbons (Fsp3) is 0.188. The summed E-state index contributed by atoms with van der Waals surface area (Å²) in [5.74, 6) is -1.38. The van der Waals surface area contributed by atoms with Crippen molar-refractivity contribution in [3.63, 3.8) is 0 Å². The van der Waals surface area contributed by atoms with E-state index in [-0.39, 0.29) is 17.9 Å². The lowest BCUT2D eigenvalue weighted by molar-refractivity contribution is -0.122. The van der Waals surface area contributed by atoms with Crippen molar-refractivity contribution < 1.29 is 17.6 Å². The largest absolute Gasteiger partial charge is 0.368 e. The number of hydrogen-bond acceptors (Lipinski definition) is 3. The standard InChI is InChI=1S/C16H15FN2O3S/c17-13-6-3-7-14(9-13)23(21,22)19-10-12-5-2-1-4-11(12)8-15(19)16(18)20/h1-7,9,15H,8,10H2,(H2,18,20)/t15-/m1/s1. The molecule has 2 aromatic carbocycles. The molecule has 0 unspecified atom stereocenters. The van der Waals surface area contributed by atoms with Crippen molar-refractivity contribution in [1.29, 1.82) is 0 Å². The summed E-state index contributed by atoms with van der Waals surface area (Å²) in [5, 5.41) is 0. The molecule has 0 saturated carbocycles. The fourth-order valence-corrected chi connectivity index (χ4v) is 4.36. The van der Waals surface area contributed by atoms with Crippen LogP contribution in [0.15, 0.2) is 53.4 Å². The maximum Gasteiger partial charge on any atom is 0.244 e. The van der Waals surface area contributed by atoms with Crippen LogP contribution < -0.4 is 5.73 Å². The molecular weight excluding hydrogens is 319 g/mol. The minimum Gasteiger partial charge on any atom is -0.368 e. The van der Waals surface area contributed by atoms with Gasteiger partial charge >= 0.3 is 0 Å². The molecule has 0 fully saturated rings. The molecule has 5 nitrogen and oxygen atoms in total. The lowest BCUT2D eigenvalue weighted by atomic mass is 9.96. The average molecular weight is 334 g/mol. The van der Waals surface area contributed by atoms with Crippen LogP contribution in [0.1, 0.15) is 11.1 Å². The SMILES string of the molecule is NC(=O)[C@H]1Cc2ccccc2CN1S(=O)(=O)c1cccc(F)c1. The number of carbonyl (C=O) groups is 1. The van der Waals surface area contributed by atoms with E-state index in [0.717, 1.165) is 27.6 Å². The molecule has 3 rings (SSSR count). The lowest BCUT2D eigenvalue weighted by Gasteiger charge is -2.34. The Hall–Kier alpha value is -2.25. The predicted molar refractivity (Wildman–Crippen MR) is 82.3 cm³/mol. The highest BCUT2D eigenvalue weighted by molar-refractivity contribution is 7.89. The molecule has 0 aliphatic carbocycles. The maximum absolute atomic E-state index is 13.4. The maximum atomic E-state index is 13.4. The zero-order valence-electron chi connectivity index (χ0n) is 12.1. The lowest BCUT2D eigenvalue weighted by Crippen LogP contribution is -2.51. The minimum absolute atomic E-state index is 0.0304. The van der Waals surface area contributed by atoms with Crippen molar-refractivity contribution in [2.45, 2.75) is 23.9 Å². The van der Waals surface area contributed by atoms with Gasteiger partial charge in [-0.15, -0.1) is 0 Å². The van der Waals surface area contributed by atoms with Gasteiger partial charge in [0.1, 0.15) is 11.9 Å². The third kappa shape index (κ3) is 2.85. The van der Waals surface area contributed by atoms with Crippen molar-refractivity contribution in [3.8, 4) is 0 Å². The first-order valence-electron chi connectivity index (χ1n) is 7.03. The number of benzene rings is 2. The Morgan fingerprint density at radius 1 is 1.13 bits per heavy atom. The zero-order valence-corrected chi connectivity index (χ0v) is 13.0. The number of rotatable bonds is 3. The molecule has 0 bridgehead atoms. The van der Waals surface area contributed by atoms with Gasteiger partial charge in [-0.05, 0) is 35.7 Å². The van der Waals surface area contributed by atoms with Gasteiger partial charge in [0.2, 0.25) is 15.9 Å². The van der Waals surface area contributed by atoms with Gasteiger partial charge in [0.15, 0.2) is 0 Å². The first-order chi connectivity index (χ1) is 10.9. The second-order valence-electron chi connectivity index (χ2n) is 5.40. The number of nitrogens with two attached hydrogens (primary N) is 1. The summed E-state index contributed by atoms with van der Waals surface area (Å²) < 4.78 is 40.1. The van der Waals surface area contributed by atoms with Gasteiger partial charge in [0.25, 0.3) is 0 Å². The van der Waals surface area contributed by atoms with E-state index in [1.165, 1.54) is 12.1 Å². The molecule has 2 aromatic rings. The summed E-state index contributed by atoms with van der Waals surface area (Å²) in [6, 6.07) is 11.0. The van der Waals surface area contributed by atoms with Crippen molar-refractivity contribution in [3.05, 3.63) is 65.5 Å². The Kier molecular flexibility index (Phi) is 3.91. The molecule has 1 aliphatic heterocycles. The Morgan fingerprint density at radius 2 is 1.83 bits per heavy atom. The van der Waals surface area contributed by atoms with E-state index >= 15 is 0 Å². The van der Waals surface area contributed by atoms with Gasteiger partial charge in [-0.1, -0.05) is 30.3 Å². The van der Waals surface area contributed by atoms with Gasteiger partial charge in [-0.25, -0.2) is 12.8 Å². The molecular formula is C16H15FN2O3S. The van der Waals surface area contributed by atoms with Crippen molar-refractivity contribution >= 4 is 15.9 Å². The molecule has 1 aliphatic rings. The first-order valence-corrected chi connectivity index (χ1v) is 8.47. The number of halogens is 1. The third-order valence-corrected chi connectivity index (χ3v) is 5.79. The summed E-state index contributed by atoms with van der Waals surface area (Å²) in [4.78, 5) is 11.6. The molecule has 1 atom stereocenters. The van der Waals surface area contributed by atoms with Crippen LogP contribution in [0.4, 0.5) is 4.39 Å². The summed E-state index contributed by atoms with van der Waals surface area (Å²) in [7, 11) is -4.03. The van der Waals surface area contributed by atoms with Crippen LogP contribution in [-0.2, 0) is 27.8 Å². The summed E-state index contributed by atoms with van der Waals surface area (Å²) in [6.45, 7) is 0.0304. The summed E-state index contributed by atoms with van der Waals surface area (Å²) >= 11 is 0. The summed E-state index contributed by atoms with van der Waals surface area (Å²) in [6.07, 6.45) is 0.208. The second-order valence-corrected chi connectivity index (χ2v) is 7.29. The van der Waals surface area contributed by atoms with Gasteiger partial charge in [0, 0.05) is 6.54 Å². The molecule has 0 spiro atoms. The molecule has 23 heavy (non-hydrogen) atoms. The van der Waals surface area contributed by atoms with Crippen LogP contribution in [0.2, 0.25) is 0 Å². The van der Waals surface area contributed by atoms with Gasteiger partial charge in [-0.2, -0.15) is 4.31 Å². The van der Waals surface area contributed by atoms with Crippen molar-refractivity contribution in [2.24, 2.45) is 5.73 Å². The molecule has 2 N–H and O–H groups in total. The van der Waals surface area contributed by atoms with Crippen LogP contribution in [0.5, 0.6) is 0 Å². The Balaban J connectivity index is 2.07. The van der Waals surface area contributed by atoms with Crippen molar-refractivity contribution in [2.75, 3.05) is 0 Å². The predicted octanol–water partition coefficient (Wildman–Crippen LogP) is 1.43. The van der Waals surface area contributed by atoms with Gasteiger partial charge in [0.05, 0.1) is 4.90 Å². The van der Waals surface area contributed by atoms with E-state index in [9.17, 15) is 17.6 Å². The molecule has 0 radical (unpaired) electrons. The highest BCUT2D eigenvalue weighted by atomic mass is 32.2. The molecule has 0 saturated heterocycles. The molecule has 7 heteroatoms. The number of nitrogens with zero attached hydrogens (tertiary/aromatic N) is 1. The molecule has 1 heterocycles. The average Bonchev–Trinajstić information content (AvgIpc) is 2.53. The molecule has 0 aromatic heterocycles. The summed E-state index contributed by atoms with van der Waals surface area (Å²) in [5.41, 5.74) is 7.10. The number of carbonyl (C=O) groups excluding carboxylic acids is 1. The van der Waals surface area contributed by atoms with E-state index in [4.69, 9.17) is 5.73 Å². The first kappa shape index (κ1) is 15.6. The van der Waals surface area contributed by atoms with Crippen molar-refractivity contribution in [1.82, 2.24) is 4.31 Å². The fourth-order valence-electron chi connectivity index (χ4n) is 2.76. The monoisotopic (exact) mass is 334 g/mol. The van der Waals surface area contributed by atoms with E-state index in [1.807, 2.05) is 12.1 Å². The number of sulfonamides is 1. The van der Waals surface area contributed by atoms with E-state index < -0.39 is 27.8 Å². The van der Waals surface area contributed by atoms with Gasteiger partial charge in [-0.3, -0.25) is 4.79 Å². The van der Waals surface area contributed by atoms with Crippen LogP contribution >= 0.6 is 0 Å². The Labute approximate surface area is 133 Å². The molecule has 120 valence electrons. The van der Waals surface area contributed by atoms with Crippen LogP contribution in [0, 0.1) is 5.82 Å². The smallest absolute Gasteiger partial charge is 0.244 e. The van der Waals surface area contributed by atoms with Gasteiger partial charge < -0.3 is 5.73 Å². The number of amides is 1. The zero-order chi connectivity index (χ0) is 16.6. The number of hydrogen-bond donors (Lipinski definition) is 1. The Bertz CT molecular complexity index is 867. The van der Waals surface area contributed by atoms with E-state index in [1.54, 1.807) is 12.1 Å². The normalized spacial score (nSPS) is 18.4. The third-order valence-electron chi connectivity index (χ3n) is 3.94. The second kappa shape index (κ2) is 5.75. The van der Waals surface area contributed by atoms with Crippen LogP contribution in [0.25, 0.3) is 0 Å². The number of primary amides is 1. The quantitative estimate of drug-likeness (QED) is 0.922. The van der Waals surface area contributed by atoms with E-state index in [0.29, 0.717) is 0 Å². The molecule has 1 amide bonds. The minimum atomic E-state index is -4.03. The number of fused-ring (bicyclic) bond motifs is 1. The van der Waals surface area contributed by atoms with E-state index in [2.05, 4.69) is 0 Å². The topological polar surface area (TPSA) is 80.5 Å². The Morgan fingerprint density at radius 3 is 2.48 bits per heavy atom. The van der Waals surface area contributed by atoms with Crippen LogP contribution in [-0.4, -0.2) is 24.7 Å². The highest BCUT2D eigenvalue weighted by Crippen LogP contribution is 2.29. The highest BCUT2D eigenvalue weighted by Gasteiger charge is 2.38. The van der Waals surface area contributed by atoms with Crippen LogP contribution in [0.3, 0.4) is 0 Å².